The Morgan fingerprint density at radius 1 is 1.27 bits per heavy atom. The van der Waals surface area contributed by atoms with Crippen molar-refractivity contribution >= 4 is 21.6 Å². The van der Waals surface area contributed by atoms with Crippen LogP contribution < -0.4 is 9.62 Å². The standard InChI is InChI=1S/C15H23FN2O3S/c1-5-14(15(19)17-10-11(2)3)18(22(4,20)21)13-8-6-12(16)7-9-13/h6-9,11,14H,5,10H2,1-4H3,(H,17,19)/t14-/m1/s1. The Kier molecular flexibility index (Phi) is 6.34. The van der Waals surface area contributed by atoms with Gasteiger partial charge in [0.05, 0.1) is 11.9 Å². The van der Waals surface area contributed by atoms with Crippen molar-refractivity contribution in [1.82, 2.24) is 5.32 Å². The van der Waals surface area contributed by atoms with Crippen molar-refractivity contribution in [2.45, 2.75) is 33.2 Å². The van der Waals surface area contributed by atoms with E-state index in [1.807, 2.05) is 13.8 Å². The predicted molar refractivity (Wildman–Crippen MR) is 85.6 cm³/mol. The first-order valence-electron chi connectivity index (χ1n) is 7.19. The normalized spacial score (nSPS) is 13.0. The number of anilines is 1. The lowest BCUT2D eigenvalue weighted by Gasteiger charge is -2.30. The van der Waals surface area contributed by atoms with Gasteiger partial charge in [0, 0.05) is 6.54 Å². The number of nitrogens with zero attached hydrogens (tertiary/aromatic N) is 1. The summed E-state index contributed by atoms with van der Waals surface area (Å²) in [5, 5.41) is 2.75. The molecule has 1 aromatic carbocycles. The Morgan fingerprint density at radius 2 is 1.82 bits per heavy atom. The van der Waals surface area contributed by atoms with Gasteiger partial charge in [0.2, 0.25) is 15.9 Å². The molecule has 0 aliphatic rings. The van der Waals surface area contributed by atoms with E-state index in [1.54, 1.807) is 6.92 Å². The van der Waals surface area contributed by atoms with Gasteiger partial charge in [-0.05, 0) is 36.6 Å². The lowest BCUT2D eigenvalue weighted by molar-refractivity contribution is -0.122. The Balaban J connectivity index is 3.14. The van der Waals surface area contributed by atoms with Gasteiger partial charge in [-0.15, -0.1) is 0 Å². The van der Waals surface area contributed by atoms with E-state index in [4.69, 9.17) is 0 Å². The number of rotatable bonds is 7. The first-order chi connectivity index (χ1) is 10.2. The van der Waals surface area contributed by atoms with Crippen molar-refractivity contribution in [3.63, 3.8) is 0 Å². The maximum absolute atomic E-state index is 13.1. The summed E-state index contributed by atoms with van der Waals surface area (Å²) in [7, 11) is -3.68. The Morgan fingerprint density at radius 3 is 2.23 bits per heavy atom. The average molecular weight is 330 g/mol. The van der Waals surface area contributed by atoms with Crippen molar-refractivity contribution < 1.29 is 17.6 Å². The number of benzene rings is 1. The number of hydrogen-bond donors (Lipinski definition) is 1. The van der Waals surface area contributed by atoms with Gasteiger partial charge in [-0.3, -0.25) is 9.10 Å². The molecule has 0 aliphatic heterocycles. The minimum atomic E-state index is -3.68. The van der Waals surface area contributed by atoms with Gasteiger partial charge >= 0.3 is 0 Å². The number of carbonyl (C=O) groups is 1. The van der Waals surface area contributed by atoms with Gasteiger partial charge in [-0.25, -0.2) is 12.8 Å². The van der Waals surface area contributed by atoms with E-state index in [0.717, 1.165) is 10.6 Å². The van der Waals surface area contributed by atoms with Gasteiger partial charge in [-0.2, -0.15) is 0 Å². The number of hydrogen-bond acceptors (Lipinski definition) is 3. The average Bonchev–Trinajstić information content (AvgIpc) is 2.42. The molecule has 1 amide bonds. The van der Waals surface area contributed by atoms with Gasteiger partial charge in [-0.1, -0.05) is 20.8 Å². The van der Waals surface area contributed by atoms with Crippen LogP contribution in [0.1, 0.15) is 27.2 Å². The molecule has 7 heteroatoms. The molecule has 0 radical (unpaired) electrons. The molecule has 1 aromatic rings. The van der Waals surface area contributed by atoms with Crippen molar-refractivity contribution in [1.29, 1.82) is 0 Å². The molecular weight excluding hydrogens is 307 g/mol. The lowest BCUT2D eigenvalue weighted by Crippen LogP contribution is -2.49. The summed E-state index contributed by atoms with van der Waals surface area (Å²) in [4.78, 5) is 12.3. The summed E-state index contributed by atoms with van der Waals surface area (Å²) in [6, 6.07) is 4.20. The zero-order valence-corrected chi connectivity index (χ0v) is 14.2. The van der Waals surface area contributed by atoms with Crippen LogP contribution in [0.3, 0.4) is 0 Å². The van der Waals surface area contributed by atoms with Gasteiger partial charge < -0.3 is 5.32 Å². The zero-order valence-electron chi connectivity index (χ0n) is 13.3. The van der Waals surface area contributed by atoms with Crippen LogP contribution in [0, 0.1) is 11.7 Å². The van der Waals surface area contributed by atoms with E-state index in [-0.39, 0.29) is 17.5 Å². The van der Waals surface area contributed by atoms with E-state index in [9.17, 15) is 17.6 Å². The summed E-state index contributed by atoms with van der Waals surface area (Å²) in [5.41, 5.74) is 0.274. The topological polar surface area (TPSA) is 66.5 Å². The molecule has 1 atom stereocenters. The summed E-state index contributed by atoms with van der Waals surface area (Å²) in [6.45, 7) is 6.11. The van der Waals surface area contributed by atoms with Crippen LogP contribution >= 0.6 is 0 Å². The van der Waals surface area contributed by atoms with Crippen LogP contribution in [0.15, 0.2) is 24.3 Å². The van der Waals surface area contributed by atoms with Crippen molar-refractivity contribution in [3.8, 4) is 0 Å². The highest BCUT2D eigenvalue weighted by Gasteiger charge is 2.31. The first kappa shape index (κ1) is 18.4. The highest BCUT2D eigenvalue weighted by atomic mass is 32.2. The lowest BCUT2D eigenvalue weighted by atomic mass is 10.1. The van der Waals surface area contributed by atoms with E-state index < -0.39 is 21.9 Å². The van der Waals surface area contributed by atoms with E-state index in [1.165, 1.54) is 24.3 Å². The summed E-state index contributed by atoms with van der Waals surface area (Å²) in [5.74, 6) is -0.556. The highest BCUT2D eigenvalue weighted by molar-refractivity contribution is 7.92. The van der Waals surface area contributed by atoms with E-state index in [2.05, 4.69) is 5.32 Å². The number of halogens is 1. The molecule has 0 saturated heterocycles. The maximum atomic E-state index is 13.1. The minimum Gasteiger partial charge on any atom is -0.354 e. The van der Waals surface area contributed by atoms with Gasteiger partial charge in [0.1, 0.15) is 11.9 Å². The molecule has 1 rings (SSSR count). The molecular formula is C15H23FN2O3S. The van der Waals surface area contributed by atoms with Crippen molar-refractivity contribution in [2.24, 2.45) is 5.92 Å². The fraction of sp³-hybridized carbons (Fsp3) is 0.533. The first-order valence-corrected chi connectivity index (χ1v) is 9.04. The van der Waals surface area contributed by atoms with E-state index in [0.29, 0.717) is 13.0 Å². The summed E-state index contributed by atoms with van der Waals surface area (Å²) < 4.78 is 38.3. The van der Waals surface area contributed by atoms with E-state index >= 15 is 0 Å². The second-order valence-corrected chi connectivity index (χ2v) is 7.46. The minimum absolute atomic E-state index is 0.263. The fourth-order valence-corrected chi connectivity index (χ4v) is 3.28. The zero-order chi connectivity index (χ0) is 16.9. The molecule has 0 aliphatic carbocycles. The molecule has 124 valence electrons. The number of sulfonamides is 1. The van der Waals surface area contributed by atoms with Crippen LogP contribution in [-0.4, -0.2) is 33.2 Å². The smallest absolute Gasteiger partial charge is 0.243 e. The third-order valence-corrected chi connectivity index (χ3v) is 4.28. The van der Waals surface area contributed by atoms with Crippen molar-refractivity contribution in [3.05, 3.63) is 30.1 Å². The molecule has 0 aromatic heterocycles. The summed E-state index contributed by atoms with van der Waals surface area (Å²) in [6.07, 6.45) is 1.35. The quantitative estimate of drug-likeness (QED) is 0.833. The molecule has 0 bridgehead atoms. The molecule has 5 nitrogen and oxygen atoms in total. The highest BCUT2D eigenvalue weighted by Crippen LogP contribution is 2.22. The summed E-state index contributed by atoms with van der Waals surface area (Å²) >= 11 is 0. The van der Waals surface area contributed by atoms with Crippen LogP contribution in [0.25, 0.3) is 0 Å². The second-order valence-electron chi connectivity index (χ2n) is 5.60. The molecule has 0 fully saturated rings. The third-order valence-electron chi connectivity index (χ3n) is 3.10. The third kappa shape index (κ3) is 4.98. The van der Waals surface area contributed by atoms with Crippen LogP contribution in [0.4, 0.5) is 10.1 Å². The molecule has 0 saturated carbocycles. The number of amides is 1. The number of carbonyl (C=O) groups excluding carboxylic acids is 1. The monoisotopic (exact) mass is 330 g/mol. The van der Waals surface area contributed by atoms with Gasteiger partial charge in [0.25, 0.3) is 0 Å². The van der Waals surface area contributed by atoms with Crippen LogP contribution in [0.2, 0.25) is 0 Å². The maximum Gasteiger partial charge on any atom is 0.243 e. The van der Waals surface area contributed by atoms with Crippen LogP contribution in [0.5, 0.6) is 0 Å². The largest absolute Gasteiger partial charge is 0.354 e. The molecule has 0 unspecified atom stereocenters. The van der Waals surface area contributed by atoms with Gasteiger partial charge in [0.15, 0.2) is 0 Å². The van der Waals surface area contributed by atoms with Crippen LogP contribution in [-0.2, 0) is 14.8 Å². The molecule has 1 N–H and O–H groups in total. The Hall–Kier alpha value is -1.63. The molecule has 0 spiro atoms. The number of nitrogens with one attached hydrogen (secondary N) is 1. The Labute approximate surface area is 131 Å². The SMILES string of the molecule is CC[C@H](C(=O)NCC(C)C)N(c1ccc(F)cc1)S(C)(=O)=O. The fourth-order valence-electron chi connectivity index (χ4n) is 2.07. The van der Waals surface area contributed by atoms with Crippen molar-refractivity contribution in [2.75, 3.05) is 17.1 Å². The molecule has 22 heavy (non-hydrogen) atoms. The second kappa shape index (κ2) is 7.58. The Bertz CT molecular complexity index is 600. The predicted octanol–water partition coefficient (Wildman–Crippen LogP) is 2.14. The molecule has 0 heterocycles.